The molecule has 0 unspecified atom stereocenters. The maximum atomic E-state index is 13.9. The van der Waals surface area contributed by atoms with Gasteiger partial charge in [0.2, 0.25) is 0 Å². The van der Waals surface area contributed by atoms with Crippen LogP contribution < -0.4 is 9.64 Å². The molecule has 2 aliphatic rings. The highest BCUT2D eigenvalue weighted by molar-refractivity contribution is 5.97. The van der Waals surface area contributed by atoms with Crippen LogP contribution in [0.25, 0.3) is 0 Å². The van der Waals surface area contributed by atoms with Crippen LogP contribution >= 0.6 is 0 Å². The molecule has 1 saturated heterocycles. The topological polar surface area (TPSA) is 58.6 Å². The fourth-order valence-corrected chi connectivity index (χ4v) is 3.83. The van der Waals surface area contributed by atoms with Gasteiger partial charge in [-0.2, -0.15) is 0 Å². The molecule has 28 heavy (non-hydrogen) atoms. The largest absolute Gasteiger partial charge is 0.451 e. The maximum absolute atomic E-state index is 13.9. The summed E-state index contributed by atoms with van der Waals surface area (Å²) in [6, 6.07) is 3.97. The zero-order valence-electron chi connectivity index (χ0n) is 16.5. The molecule has 0 radical (unpaired) electrons. The smallest absolute Gasteiger partial charge is 0.257 e. The van der Waals surface area contributed by atoms with Gasteiger partial charge in [0.15, 0.2) is 11.6 Å². The van der Waals surface area contributed by atoms with Crippen molar-refractivity contribution in [2.75, 3.05) is 25.0 Å². The Balaban J connectivity index is 1.61. The third kappa shape index (κ3) is 3.30. The summed E-state index contributed by atoms with van der Waals surface area (Å²) in [5, 5.41) is 0. The molecule has 1 aromatic carbocycles. The first-order chi connectivity index (χ1) is 13.4. The lowest BCUT2D eigenvalue weighted by Gasteiger charge is -2.56. The van der Waals surface area contributed by atoms with Crippen LogP contribution in [-0.4, -0.2) is 47.0 Å². The lowest BCUT2D eigenvalue weighted by molar-refractivity contribution is 0.0751. The van der Waals surface area contributed by atoms with Gasteiger partial charge in [-0.3, -0.25) is 4.79 Å². The second-order valence-corrected chi connectivity index (χ2v) is 8.17. The van der Waals surface area contributed by atoms with Gasteiger partial charge in [-0.25, -0.2) is 14.4 Å². The second kappa shape index (κ2) is 7.04. The van der Waals surface area contributed by atoms with Crippen molar-refractivity contribution in [3.05, 3.63) is 42.1 Å². The second-order valence-electron chi connectivity index (χ2n) is 8.17. The van der Waals surface area contributed by atoms with Crippen molar-refractivity contribution in [1.82, 2.24) is 14.9 Å². The molecule has 1 aliphatic heterocycles. The summed E-state index contributed by atoms with van der Waals surface area (Å²) in [7, 11) is 1.69. The van der Waals surface area contributed by atoms with Crippen molar-refractivity contribution in [3.63, 3.8) is 0 Å². The van der Waals surface area contributed by atoms with Crippen LogP contribution in [0.3, 0.4) is 0 Å². The molecule has 1 amide bonds. The number of aromatic nitrogens is 2. The first-order valence-corrected chi connectivity index (χ1v) is 9.68. The Morgan fingerprint density at radius 2 is 2.04 bits per heavy atom. The number of benzene rings is 1. The number of hydrogen-bond acceptors (Lipinski definition) is 5. The van der Waals surface area contributed by atoms with E-state index < -0.39 is 5.82 Å². The van der Waals surface area contributed by atoms with E-state index in [1.807, 2.05) is 13.8 Å². The van der Waals surface area contributed by atoms with Gasteiger partial charge in [0.05, 0.1) is 11.8 Å². The van der Waals surface area contributed by atoms with E-state index in [2.05, 4.69) is 14.9 Å². The molecule has 148 valence electrons. The Morgan fingerprint density at radius 3 is 2.68 bits per heavy atom. The number of rotatable bonds is 5. The highest BCUT2D eigenvalue weighted by Crippen LogP contribution is 2.50. The number of hydrogen-bond donors (Lipinski definition) is 0. The predicted octanol–water partition coefficient (Wildman–Crippen LogP) is 3.88. The van der Waals surface area contributed by atoms with Crippen molar-refractivity contribution in [2.24, 2.45) is 5.41 Å². The number of nitrogens with zero attached hydrogens (tertiary/aromatic N) is 4. The summed E-state index contributed by atoms with van der Waals surface area (Å²) >= 11 is 0. The third-order valence-electron chi connectivity index (χ3n) is 5.91. The normalized spacial score (nSPS) is 17.2. The number of carbonyl (C=O) groups excluding carboxylic acids is 1. The summed E-state index contributed by atoms with van der Waals surface area (Å²) < 4.78 is 19.9. The minimum absolute atomic E-state index is 0.0148. The first-order valence-electron chi connectivity index (χ1n) is 9.68. The molecule has 7 heteroatoms. The summed E-state index contributed by atoms with van der Waals surface area (Å²) in [5.41, 5.74) is 0.629. The molecular weight excluding hydrogens is 359 g/mol. The fourth-order valence-electron chi connectivity index (χ4n) is 3.83. The summed E-state index contributed by atoms with van der Waals surface area (Å²) in [6.07, 6.45) is 6.92. The van der Waals surface area contributed by atoms with Crippen LogP contribution in [0.15, 0.2) is 30.7 Å². The fraction of sp³-hybridized carbons (Fsp3) is 0.476. The summed E-state index contributed by atoms with van der Waals surface area (Å²) in [4.78, 5) is 25.0. The maximum Gasteiger partial charge on any atom is 0.257 e. The van der Waals surface area contributed by atoms with Gasteiger partial charge in [0, 0.05) is 31.6 Å². The van der Waals surface area contributed by atoms with Crippen LogP contribution in [0, 0.1) is 11.2 Å². The molecule has 2 heterocycles. The monoisotopic (exact) mass is 384 g/mol. The molecule has 0 bridgehead atoms. The van der Waals surface area contributed by atoms with Gasteiger partial charge < -0.3 is 14.5 Å². The van der Waals surface area contributed by atoms with E-state index in [9.17, 15) is 9.18 Å². The van der Waals surface area contributed by atoms with Crippen LogP contribution in [0.1, 0.15) is 43.5 Å². The van der Waals surface area contributed by atoms with Gasteiger partial charge in [-0.05, 0) is 44.9 Å². The van der Waals surface area contributed by atoms with E-state index in [-0.39, 0.29) is 17.5 Å². The number of amides is 1. The molecule has 0 N–H and O–H groups in total. The molecular formula is C21H25FN4O2. The quantitative estimate of drug-likeness (QED) is 0.783. The average Bonchev–Trinajstić information content (AvgIpc) is 2.60. The Hall–Kier alpha value is -2.70. The van der Waals surface area contributed by atoms with Gasteiger partial charge in [0.1, 0.15) is 17.9 Å². The van der Waals surface area contributed by atoms with Crippen LogP contribution in [0.5, 0.6) is 11.5 Å². The number of ether oxygens (including phenoxy) is 1. The summed E-state index contributed by atoms with van der Waals surface area (Å²) in [5.74, 6) is 0.721. The number of carbonyl (C=O) groups is 1. The Kier molecular flexibility index (Phi) is 4.69. The molecule has 2 aromatic rings. The van der Waals surface area contributed by atoms with E-state index >= 15 is 0 Å². The van der Waals surface area contributed by atoms with E-state index in [1.165, 1.54) is 43.8 Å². The van der Waals surface area contributed by atoms with E-state index in [4.69, 9.17) is 4.74 Å². The molecule has 0 atom stereocenters. The molecule has 1 aromatic heterocycles. The Bertz CT molecular complexity index is 890. The zero-order valence-corrected chi connectivity index (χ0v) is 16.5. The Labute approximate surface area is 164 Å². The van der Waals surface area contributed by atoms with Gasteiger partial charge in [-0.15, -0.1) is 0 Å². The predicted molar refractivity (Wildman–Crippen MR) is 104 cm³/mol. The molecule has 2 fully saturated rings. The van der Waals surface area contributed by atoms with Crippen LogP contribution in [0.4, 0.5) is 10.2 Å². The lowest BCUT2D eigenvalue weighted by Crippen LogP contribution is -2.60. The van der Waals surface area contributed by atoms with Crippen LogP contribution in [0.2, 0.25) is 0 Å². The average molecular weight is 384 g/mol. The SMILES string of the molecule is CC(C)N(C)C(=O)c1cc(F)ccc1Oc1cncnc1N1CC2(CCC2)C1. The molecule has 1 saturated carbocycles. The van der Waals surface area contributed by atoms with E-state index in [0.717, 1.165) is 13.1 Å². The molecule has 4 rings (SSSR count). The van der Waals surface area contributed by atoms with Gasteiger partial charge in [0.25, 0.3) is 5.91 Å². The van der Waals surface area contributed by atoms with Crippen molar-refractivity contribution in [1.29, 1.82) is 0 Å². The molecule has 1 spiro atoms. The minimum Gasteiger partial charge on any atom is -0.451 e. The highest BCUT2D eigenvalue weighted by atomic mass is 19.1. The van der Waals surface area contributed by atoms with Crippen LogP contribution in [-0.2, 0) is 0 Å². The van der Waals surface area contributed by atoms with Gasteiger partial charge >= 0.3 is 0 Å². The van der Waals surface area contributed by atoms with Crippen molar-refractivity contribution < 1.29 is 13.9 Å². The number of anilines is 1. The van der Waals surface area contributed by atoms with Crippen molar-refractivity contribution >= 4 is 11.7 Å². The minimum atomic E-state index is -0.480. The lowest BCUT2D eigenvalue weighted by atomic mass is 9.63. The number of halogens is 1. The Morgan fingerprint density at radius 1 is 1.29 bits per heavy atom. The first kappa shape index (κ1) is 18.7. The zero-order chi connectivity index (χ0) is 19.9. The highest BCUT2D eigenvalue weighted by Gasteiger charge is 2.48. The van der Waals surface area contributed by atoms with E-state index in [1.54, 1.807) is 18.1 Å². The standard InChI is InChI=1S/C21H25FN4O2/c1-14(2)25(3)20(27)16-9-15(22)5-6-17(16)28-18-10-23-13-24-19(18)26-11-21(12-26)7-4-8-21/h5-6,9-10,13-14H,4,7-8,11-12H2,1-3H3. The third-order valence-corrected chi connectivity index (χ3v) is 5.91. The molecule has 1 aliphatic carbocycles. The summed E-state index contributed by atoms with van der Waals surface area (Å²) in [6.45, 7) is 5.74. The molecule has 6 nitrogen and oxygen atoms in total. The van der Waals surface area contributed by atoms with E-state index in [0.29, 0.717) is 22.7 Å². The van der Waals surface area contributed by atoms with Gasteiger partial charge in [-0.1, -0.05) is 6.42 Å². The van der Waals surface area contributed by atoms with Crippen molar-refractivity contribution in [3.8, 4) is 11.5 Å². The van der Waals surface area contributed by atoms with Crippen molar-refractivity contribution in [2.45, 2.75) is 39.2 Å².